The van der Waals surface area contributed by atoms with Gasteiger partial charge in [-0.15, -0.1) is 0 Å². The number of anilines is 1. The highest BCUT2D eigenvalue weighted by Crippen LogP contribution is 2.40. The molecule has 1 aliphatic rings. The van der Waals surface area contributed by atoms with E-state index < -0.39 is 17.7 Å². The maximum absolute atomic E-state index is 13.1. The van der Waals surface area contributed by atoms with Crippen molar-refractivity contribution in [3.63, 3.8) is 0 Å². The van der Waals surface area contributed by atoms with Gasteiger partial charge in [0, 0.05) is 38.3 Å². The number of Topliss-reactive ketones (excluding diaryl/α,β-unsaturated/α-hetero) is 1. The lowest BCUT2D eigenvalue weighted by Gasteiger charge is -2.26. The lowest BCUT2D eigenvalue weighted by atomic mass is 9.95. The molecule has 0 radical (unpaired) electrons. The van der Waals surface area contributed by atoms with Gasteiger partial charge in [-0.2, -0.15) is 0 Å². The van der Waals surface area contributed by atoms with Gasteiger partial charge in [0.2, 0.25) is 0 Å². The van der Waals surface area contributed by atoms with E-state index >= 15 is 0 Å². The van der Waals surface area contributed by atoms with Gasteiger partial charge in [-0.1, -0.05) is 12.1 Å². The summed E-state index contributed by atoms with van der Waals surface area (Å²) >= 11 is 0. The first-order valence-electron chi connectivity index (χ1n) is 10.7. The highest BCUT2D eigenvalue weighted by atomic mass is 16.5. The number of methoxy groups -OCH3 is 1. The number of rotatable bonds is 8. The van der Waals surface area contributed by atoms with Crippen molar-refractivity contribution in [3.8, 4) is 5.75 Å². The van der Waals surface area contributed by atoms with Gasteiger partial charge in [-0.25, -0.2) is 0 Å². The Bertz CT molecular complexity index is 995. The van der Waals surface area contributed by atoms with Crippen molar-refractivity contribution in [2.45, 2.75) is 12.5 Å². The Morgan fingerprint density at radius 3 is 2.22 bits per heavy atom. The summed E-state index contributed by atoms with van der Waals surface area (Å²) in [6.45, 7) is 1.31. The van der Waals surface area contributed by atoms with E-state index in [1.54, 1.807) is 36.3 Å². The quantitative estimate of drug-likeness (QED) is 0.373. The van der Waals surface area contributed by atoms with Crippen LogP contribution in [0.15, 0.2) is 54.1 Å². The van der Waals surface area contributed by atoms with E-state index in [9.17, 15) is 14.7 Å². The normalized spacial score (nSPS) is 17.8. The SMILES string of the molecule is COc1ccc(C(O)=C2C(=O)C(=O)N(CCC[NH+](C)C)C2c2ccc(N(C)C)cc2)cc1. The number of ether oxygens (including phenoxy) is 1. The summed E-state index contributed by atoms with van der Waals surface area (Å²) < 4.78 is 5.18. The zero-order valence-electron chi connectivity index (χ0n) is 19.4. The highest BCUT2D eigenvalue weighted by Gasteiger charge is 2.45. The Kier molecular flexibility index (Phi) is 7.20. The number of carbonyl (C=O) groups is 2. The van der Waals surface area contributed by atoms with Gasteiger partial charge in [0.25, 0.3) is 11.7 Å². The second kappa shape index (κ2) is 9.87. The van der Waals surface area contributed by atoms with Crippen LogP contribution in [0.2, 0.25) is 0 Å². The zero-order chi connectivity index (χ0) is 23.4. The summed E-state index contributed by atoms with van der Waals surface area (Å²) in [5, 5.41) is 11.1. The first-order valence-corrected chi connectivity index (χ1v) is 10.7. The molecule has 0 aliphatic carbocycles. The molecule has 3 rings (SSSR count). The third kappa shape index (κ3) is 4.78. The first kappa shape index (κ1) is 23.3. The van der Waals surface area contributed by atoms with E-state index in [1.165, 1.54) is 4.90 Å². The van der Waals surface area contributed by atoms with Crippen LogP contribution in [-0.4, -0.2) is 70.1 Å². The Hall–Kier alpha value is -3.32. The van der Waals surface area contributed by atoms with Crippen LogP contribution >= 0.6 is 0 Å². The minimum absolute atomic E-state index is 0.120. The Balaban J connectivity index is 2.07. The third-order valence-electron chi connectivity index (χ3n) is 5.70. The van der Waals surface area contributed by atoms with E-state index in [-0.39, 0.29) is 11.3 Å². The van der Waals surface area contributed by atoms with Gasteiger partial charge < -0.3 is 24.5 Å². The molecule has 1 saturated heterocycles. The van der Waals surface area contributed by atoms with Crippen molar-refractivity contribution in [2.75, 3.05) is 53.3 Å². The minimum atomic E-state index is -0.655. The lowest BCUT2D eigenvalue weighted by Crippen LogP contribution is -3.05. The fourth-order valence-corrected chi connectivity index (χ4v) is 3.92. The number of quaternary nitrogens is 1. The smallest absolute Gasteiger partial charge is 0.295 e. The number of likely N-dealkylation sites (tertiary alicyclic amines) is 1. The highest BCUT2D eigenvalue weighted by molar-refractivity contribution is 6.46. The molecule has 2 aromatic rings. The number of benzene rings is 2. The van der Waals surface area contributed by atoms with Crippen LogP contribution in [0, 0.1) is 0 Å². The summed E-state index contributed by atoms with van der Waals surface area (Å²) in [4.78, 5) is 30.9. The van der Waals surface area contributed by atoms with Gasteiger partial charge in [0.1, 0.15) is 11.5 Å². The first-order chi connectivity index (χ1) is 15.2. The summed E-state index contributed by atoms with van der Waals surface area (Å²) in [5.74, 6) is -0.759. The summed E-state index contributed by atoms with van der Waals surface area (Å²) in [6, 6.07) is 13.9. The molecule has 1 fully saturated rings. The number of nitrogens with zero attached hydrogens (tertiary/aromatic N) is 2. The average molecular weight is 439 g/mol. The molecule has 1 unspecified atom stereocenters. The molecule has 1 heterocycles. The van der Waals surface area contributed by atoms with Gasteiger partial charge >= 0.3 is 0 Å². The number of hydrogen-bond acceptors (Lipinski definition) is 5. The van der Waals surface area contributed by atoms with Crippen LogP contribution in [-0.2, 0) is 9.59 Å². The number of nitrogens with one attached hydrogen (secondary N) is 1. The summed E-state index contributed by atoms with van der Waals surface area (Å²) in [7, 11) is 9.57. The Morgan fingerprint density at radius 1 is 1.06 bits per heavy atom. The van der Waals surface area contributed by atoms with Crippen molar-refractivity contribution >= 4 is 23.1 Å². The molecule has 2 aromatic carbocycles. The van der Waals surface area contributed by atoms with Gasteiger partial charge in [-0.05, 0) is 42.0 Å². The summed E-state index contributed by atoms with van der Waals surface area (Å²) in [6.07, 6.45) is 0.754. The van der Waals surface area contributed by atoms with Crippen LogP contribution < -0.4 is 14.5 Å². The van der Waals surface area contributed by atoms with Crippen molar-refractivity contribution in [1.29, 1.82) is 0 Å². The molecule has 32 heavy (non-hydrogen) atoms. The predicted octanol–water partition coefficient (Wildman–Crippen LogP) is 1.72. The van der Waals surface area contributed by atoms with Crippen LogP contribution in [0.5, 0.6) is 5.75 Å². The molecule has 1 aliphatic heterocycles. The van der Waals surface area contributed by atoms with Crippen molar-refractivity contribution < 1.29 is 24.3 Å². The molecule has 0 spiro atoms. The Labute approximate surface area is 189 Å². The second-order valence-electron chi connectivity index (χ2n) is 8.52. The van der Waals surface area contributed by atoms with Crippen molar-refractivity contribution in [2.24, 2.45) is 0 Å². The average Bonchev–Trinajstić information content (AvgIpc) is 3.03. The molecule has 170 valence electrons. The molecule has 0 bridgehead atoms. The van der Waals surface area contributed by atoms with Crippen LogP contribution in [0.3, 0.4) is 0 Å². The maximum Gasteiger partial charge on any atom is 0.295 e. The molecule has 0 saturated carbocycles. The molecule has 2 N–H and O–H groups in total. The molecule has 1 atom stereocenters. The van der Waals surface area contributed by atoms with E-state index in [2.05, 4.69) is 14.1 Å². The van der Waals surface area contributed by atoms with E-state index in [0.29, 0.717) is 17.9 Å². The zero-order valence-corrected chi connectivity index (χ0v) is 19.4. The number of ketones is 1. The fourth-order valence-electron chi connectivity index (χ4n) is 3.92. The maximum atomic E-state index is 13.1. The Morgan fingerprint density at radius 2 is 1.69 bits per heavy atom. The van der Waals surface area contributed by atoms with Gasteiger partial charge in [0.15, 0.2) is 0 Å². The lowest BCUT2D eigenvalue weighted by molar-refractivity contribution is -0.858. The number of aliphatic hydroxyl groups is 1. The monoisotopic (exact) mass is 438 g/mol. The minimum Gasteiger partial charge on any atom is -0.507 e. The largest absolute Gasteiger partial charge is 0.507 e. The van der Waals surface area contributed by atoms with E-state index in [4.69, 9.17) is 4.74 Å². The molecular weight excluding hydrogens is 406 g/mol. The van der Waals surface area contributed by atoms with Crippen molar-refractivity contribution in [1.82, 2.24) is 4.90 Å². The second-order valence-corrected chi connectivity index (χ2v) is 8.52. The topological polar surface area (TPSA) is 74.5 Å². The molecule has 7 nitrogen and oxygen atoms in total. The molecule has 7 heteroatoms. The fraction of sp³-hybridized carbons (Fsp3) is 0.360. The van der Waals surface area contributed by atoms with Crippen LogP contribution in [0.4, 0.5) is 5.69 Å². The number of aliphatic hydroxyl groups excluding tert-OH is 1. The van der Waals surface area contributed by atoms with E-state index in [0.717, 1.165) is 24.2 Å². The van der Waals surface area contributed by atoms with Crippen LogP contribution in [0.1, 0.15) is 23.6 Å². The number of hydrogen-bond donors (Lipinski definition) is 2. The van der Waals surface area contributed by atoms with E-state index in [1.807, 2.05) is 43.3 Å². The van der Waals surface area contributed by atoms with Crippen molar-refractivity contribution in [3.05, 3.63) is 65.2 Å². The van der Waals surface area contributed by atoms with Gasteiger partial charge in [0.05, 0.1) is 39.4 Å². The summed E-state index contributed by atoms with van der Waals surface area (Å²) in [5.41, 5.74) is 2.39. The predicted molar refractivity (Wildman–Crippen MR) is 125 cm³/mol. The third-order valence-corrected chi connectivity index (χ3v) is 5.70. The standard InChI is InChI=1S/C25H31N3O4/c1-26(2)15-6-16-28-22(17-7-11-19(12-8-17)27(3)4)21(24(30)25(28)31)23(29)18-9-13-20(32-5)14-10-18/h7-14,22,29H,6,15-16H2,1-5H3/p+1. The van der Waals surface area contributed by atoms with Crippen LogP contribution in [0.25, 0.3) is 5.76 Å². The van der Waals surface area contributed by atoms with Gasteiger partial charge in [-0.3, -0.25) is 9.59 Å². The molecule has 0 aromatic heterocycles. The molecule has 1 amide bonds. The number of carbonyl (C=O) groups excluding carboxylic acids is 2. The molecular formula is C25H32N3O4+. The number of amides is 1.